The van der Waals surface area contributed by atoms with E-state index in [0.717, 1.165) is 12.2 Å². The lowest BCUT2D eigenvalue weighted by Crippen LogP contribution is -2.47. The second kappa shape index (κ2) is 9.05. The Morgan fingerprint density at radius 2 is 1.71 bits per heavy atom. The smallest absolute Gasteiger partial charge is 0.331 e. The van der Waals surface area contributed by atoms with Crippen molar-refractivity contribution in [3.8, 4) is 0 Å². The van der Waals surface area contributed by atoms with Crippen molar-refractivity contribution in [3.05, 3.63) is 12.2 Å². The van der Waals surface area contributed by atoms with E-state index in [2.05, 4.69) is 4.74 Å². The molecule has 0 spiro atoms. The number of hydrogen-bond donors (Lipinski definition) is 0. The van der Waals surface area contributed by atoms with Crippen LogP contribution in [0.1, 0.15) is 27.2 Å². The van der Waals surface area contributed by atoms with Crippen LogP contribution in [0.25, 0.3) is 0 Å². The third-order valence-corrected chi connectivity index (χ3v) is 3.87. The molecule has 0 bridgehead atoms. The number of nitrogens with zero attached hydrogens (tertiary/aromatic N) is 2. The van der Waals surface area contributed by atoms with E-state index in [-0.39, 0.29) is 24.8 Å². The number of carbonyl (C=O) groups is 4. The molecule has 8 nitrogen and oxygen atoms in total. The van der Waals surface area contributed by atoms with Crippen LogP contribution in [0.5, 0.6) is 0 Å². The van der Waals surface area contributed by atoms with Crippen LogP contribution >= 0.6 is 0 Å². The largest absolute Gasteiger partial charge is 0.466 e. The monoisotopic (exact) mass is 340 g/mol. The lowest BCUT2D eigenvalue weighted by atomic mass is 10.1. The van der Waals surface area contributed by atoms with Gasteiger partial charge in [-0.1, -0.05) is 0 Å². The van der Waals surface area contributed by atoms with Gasteiger partial charge in [-0.25, -0.2) is 9.59 Å². The summed E-state index contributed by atoms with van der Waals surface area (Å²) in [6.07, 6.45) is 1.57. The molecule has 1 aliphatic heterocycles. The van der Waals surface area contributed by atoms with Gasteiger partial charge in [-0.15, -0.1) is 0 Å². The van der Waals surface area contributed by atoms with Gasteiger partial charge in [-0.2, -0.15) is 0 Å². The Kier molecular flexibility index (Phi) is 7.41. The minimum absolute atomic E-state index is 0.154. The standard InChI is InChI=1S/C16H24N2O6/c1-5-17(6-2)16(22)13-9-12(10-18(13)11(3)19)24-15(21)8-7-14(20)23-4/h7-8,12-13H,5-6,9-10H2,1-4H3/b8-7+/t12-,13+/m1/s1. The zero-order valence-electron chi connectivity index (χ0n) is 14.5. The summed E-state index contributed by atoms with van der Waals surface area (Å²) < 4.78 is 9.60. The van der Waals surface area contributed by atoms with Crippen LogP contribution in [0.3, 0.4) is 0 Å². The van der Waals surface area contributed by atoms with Crippen molar-refractivity contribution in [3.63, 3.8) is 0 Å². The third-order valence-electron chi connectivity index (χ3n) is 3.87. The first kappa shape index (κ1) is 19.7. The van der Waals surface area contributed by atoms with Crippen LogP contribution in [-0.2, 0) is 28.7 Å². The van der Waals surface area contributed by atoms with Crippen LogP contribution in [0.2, 0.25) is 0 Å². The molecule has 0 saturated carbocycles. The molecule has 1 heterocycles. The first-order valence-corrected chi connectivity index (χ1v) is 7.86. The number of ether oxygens (including phenoxy) is 2. The van der Waals surface area contributed by atoms with Gasteiger partial charge in [-0.3, -0.25) is 9.59 Å². The van der Waals surface area contributed by atoms with E-state index < -0.39 is 24.1 Å². The highest BCUT2D eigenvalue weighted by molar-refractivity contribution is 5.92. The van der Waals surface area contributed by atoms with Crippen LogP contribution < -0.4 is 0 Å². The molecule has 1 fully saturated rings. The third kappa shape index (κ3) is 5.07. The molecule has 0 N–H and O–H groups in total. The highest BCUT2D eigenvalue weighted by Gasteiger charge is 2.41. The van der Waals surface area contributed by atoms with Crippen molar-refractivity contribution in [2.45, 2.75) is 39.3 Å². The lowest BCUT2D eigenvalue weighted by molar-refractivity contribution is -0.144. The number of esters is 2. The fourth-order valence-corrected chi connectivity index (χ4v) is 2.62. The van der Waals surface area contributed by atoms with Gasteiger partial charge in [0.1, 0.15) is 12.1 Å². The van der Waals surface area contributed by atoms with E-state index in [4.69, 9.17) is 4.74 Å². The van der Waals surface area contributed by atoms with Gasteiger partial charge in [0.25, 0.3) is 0 Å². The van der Waals surface area contributed by atoms with Crippen molar-refractivity contribution in [2.75, 3.05) is 26.7 Å². The Morgan fingerprint density at radius 1 is 1.12 bits per heavy atom. The molecule has 1 rings (SSSR count). The summed E-state index contributed by atoms with van der Waals surface area (Å²) in [6, 6.07) is -0.634. The topological polar surface area (TPSA) is 93.2 Å². The average Bonchev–Trinajstić information content (AvgIpc) is 2.97. The number of amides is 2. The van der Waals surface area contributed by atoms with Crippen molar-refractivity contribution in [2.24, 2.45) is 0 Å². The lowest BCUT2D eigenvalue weighted by Gasteiger charge is -2.27. The SMILES string of the molecule is CCN(CC)C(=O)[C@@H]1C[C@@H](OC(=O)/C=C/C(=O)OC)CN1C(C)=O. The summed E-state index contributed by atoms with van der Waals surface area (Å²) in [7, 11) is 1.20. The normalized spacial score (nSPS) is 20.1. The van der Waals surface area contributed by atoms with Gasteiger partial charge >= 0.3 is 11.9 Å². The highest BCUT2D eigenvalue weighted by atomic mass is 16.5. The first-order chi connectivity index (χ1) is 11.3. The van der Waals surface area contributed by atoms with E-state index in [0.29, 0.717) is 13.1 Å². The predicted molar refractivity (Wildman–Crippen MR) is 84.8 cm³/mol. The van der Waals surface area contributed by atoms with E-state index in [1.165, 1.54) is 18.9 Å². The summed E-state index contributed by atoms with van der Waals surface area (Å²) >= 11 is 0. The maximum absolute atomic E-state index is 12.5. The second-order valence-electron chi connectivity index (χ2n) is 5.35. The maximum atomic E-state index is 12.5. The van der Waals surface area contributed by atoms with Crippen molar-refractivity contribution in [1.29, 1.82) is 0 Å². The van der Waals surface area contributed by atoms with Crippen LogP contribution in [0.4, 0.5) is 0 Å². The number of hydrogen-bond acceptors (Lipinski definition) is 6. The molecular weight excluding hydrogens is 316 g/mol. The van der Waals surface area contributed by atoms with Crippen molar-refractivity contribution < 1.29 is 28.7 Å². The summed E-state index contributed by atoms with van der Waals surface area (Å²) in [4.78, 5) is 50.0. The minimum atomic E-state index is -0.718. The molecule has 134 valence electrons. The average molecular weight is 340 g/mol. The van der Waals surface area contributed by atoms with E-state index in [1.54, 1.807) is 4.90 Å². The Balaban J connectivity index is 2.75. The fourth-order valence-electron chi connectivity index (χ4n) is 2.62. The number of rotatable bonds is 6. The van der Waals surface area contributed by atoms with Crippen LogP contribution in [0, 0.1) is 0 Å². The van der Waals surface area contributed by atoms with E-state index in [1.807, 2.05) is 13.8 Å². The molecule has 24 heavy (non-hydrogen) atoms. The highest BCUT2D eigenvalue weighted by Crippen LogP contribution is 2.22. The van der Waals surface area contributed by atoms with Gasteiger partial charge in [0.2, 0.25) is 11.8 Å². The number of likely N-dealkylation sites (N-methyl/N-ethyl adjacent to an activating group) is 1. The van der Waals surface area contributed by atoms with E-state index >= 15 is 0 Å². The molecule has 0 aromatic rings. The Bertz CT molecular complexity index is 527. The summed E-state index contributed by atoms with van der Waals surface area (Å²) in [6.45, 7) is 6.36. The molecule has 8 heteroatoms. The molecule has 0 aromatic carbocycles. The zero-order valence-corrected chi connectivity index (χ0v) is 14.5. The van der Waals surface area contributed by atoms with Gasteiger partial charge in [0.15, 0.2) is 0 Å². The number of carbonyl (C=O) groups excluding carboxylic acids is 4. The van der Waals surface area contributed by atoms with Gasteiger partial charge < -0.3 is 19.3 Å². The minimum Gasteiger partial charge on any atom is -0.466 e. The quantitative estimate of drug-likeness (QED) is 0.503. The first-order valence-electron chi connectivity index (χ1n) is 7.86. The number of methoxy groups -OCH3 is 1. The van der Waals surface area contributed by atoms with Gasteiger partial charge in [0.05, 0.1) is 13.7 Å². The molecular formula is C16H24N2O6. The number of likely N-dealkylation sites (tertiary alicyclic amines) is 1. The molecule has 2 amide bonds. The fraction of sp³-hybridized carbons (Fsp3) is 0.625. The molecule has 0 unspecified atom stereocenters. The Hall–Kier alpha value is -2.38. The van der Waals surface area contributed by atoms with Gasteiger partial charge in [-0.05, 0) is 13.8 Å². The molecule has 0 aliphatic carbocycles. The van der Waals surface area contributed by atoms with Crippen LogP contribution in [-0.4, -0.2) is 72.4 Å². The predicted octanol–water partition coefficient (Wildman–Crippen LogP) is 0.117. The summed E-state index contributed by atoms with van der Waals surface area (Å²) in [5, 5.41) is 0. The van der Waals surface area contributed by atoms with Crippen molar-refractivity contribution >= 4 is 23.8 Å². The molecule has 0 radical (unpaired) electrons. The maximum Gasteiger partial charge on any atom is 0.331 e. The molecule has 0 aromatic heterocycles. The van der Waals surface area contributed by atoms with E-state index in [9.17, 15) is 19.2 Å². The Labute approximate surface area is 141 Å². The molecule has 2 atom stereocenters. The van der Waals surface area contributed by atoms with Crippen LogP contribution in [0.15, 0.2) is 12.2 Å². The zero-order chi connectivity index (χ0) is 18.3. The van der Waals surface area contributed by atoms with Crippen molar-refractivity contribution in [1.82, 2.24) is 9.80 Å². The summed E-state index contributed by atoms with van der Waals surface area (Å²) in [5.74, 6) is -1.79. The molecule has 1 saturated heterocycles. The molecule has 1 aliphatic rings. The second-order valence-corrected chi connectivity index (χ2v) is 5.35. The summed E-state index contributed by atoms with van der Waals surface area (Å²) in [5.41, 5.74) is 0. The Morgan fingerprint density at radius 3 is 2.21 bits per heavy atom. The van der Waals surface area contributed by atoms with Gasteiger partial charge in [0, 0.05) is 38.6 Å².